The Morgan fingerprint density at radius 3 is 2.63 bits per heavy atom. The fourth-order valence-corrected chi connectivity index (χ4v) is 5.69. The van der Waals surface area contributed by atoms with Crippen molar-refractivity contribution in [3.8, 4) is 11.3 Å². The van der Waals surface area contributed by atoms with Crippen molar-refractivity contribution in [2.75, 3.05) is 49.6 Å². The van der Waals surface area contributed by atoms with Crippen LogP contribution in [-0.4, -0.2) is 61.7 Å². The van der Waals surface area contributed by atoms with Crippen LogP contribution < -0.4 is 20.4 Å². The van der Waals surface area contributed by atoms with Crippen LogP contribution in [0.5, 0.6) is 0 Å². The quantitative estimate of drug-likeness (QED) is 0.604. The third kappa shape index (κ3) is 4.96. The first-order valence-electron chi connectivity index (χ1n) is 12.5. The van der Waals surface area contributed by atoms with E-state index in [9.17, 15) is 9.18 Å². The summed E-state index contributed by atoms with van der Waals surface area (Å²) < 4.78 is 14.9. The molecular weight excluding hydrogens is 467 g/mol. The Morgan fingerprint density at radius 2 is 2.00 bits per heavy atom. The predicted octanol–water partition coefficient (Wildman–Crippen LogP) is 3.42. The molecular formula is C26H36ClFN6O. The number of aromatic nitrogens is 2. The van der Waals surface area contributed by atoms with E-state index < -0.39 is 0 Å². The fraction of sp³-hybridized carbons (Fsp3) is 0.577. The predicted molar refractivity (Wildman–Crippen MR) is 140 cm³/mol. The van der Waals surface area contributed by atoms with Crippen molar-refractivity contribution in [2.24, 2.45) is 11.3 Å². The van der Waals surface area contributed by atoms with Crippen LogP contribution in [0.25, 0.3) is 11.3 Å². The van der Waals surface area contributed by atoms with Crippen molar-refractivity contribution >= 4 is 30.1 Å². The first-order valence-corrected chi connectivity index (χ1v) is 12.5. The molecule has 0 aliphatic carbocycles. The Labute approximate surface area is 213 Å². The van der Waals surface area contributed by atoms with Crippen LogP contribution in [0.2, 0.25) is 0 Å². The maximum Gasteiger partial charge on any atom is 0.227 e. The molecule has 0 saturated carbocycles. The molecule has 1 atom stereocenters. The fourth-order valence-electron chi connectivity index (χ4n) is 5.69. The minimum atomic E-state index is -0.266. The van der Waals surface area contributed by atoms with Gasteiger partial charge in [-0.3, -0.25) is 4.79 Å². The SMILES string of the molecule is CNC(=O)C[C@H](CC(C)C)N1CCc2c(-c3ccccc3F)nc(N3CCC4(CNC4)C3)nc21.Cl. The number of rotatable bonds is 7. The van der Waals surface area contributed by atoms with Gasteiger partial charge in [-0.05, 0) is 37.3 Å². The number of carbonyl (C=O) groups excluding carboxylic acids is 1. The van der Waals surface area contributed by atoms with Crippen LogP contribution in [0.1, 0.15) is 38.7 Å². The monoisotopic (exact) mass is 502 g/mol. The second kappa shape index (κ2) is 10.3. The zero-order chi connectivity index (χ0) is 23.9. The molecule has 1 aromatic heterocycles. The van der Waals surface area contributed by atoms with Crippen molar-refractivity contribution in [3.63, 3.8) is 0 Å². The van der Waals surface area contributed by atoms with E-state index in [1.807, 2.05) is 12.1 Å². The molecule has 2 aromatic rings. The summed E-state index contributed by atoms with van der Waals surface area (Å²) in [6, 6.07) is 6.91. The first-order chi connectivity index (χ1) is 16.4. The van der Waals surface area contributed by atoms with Crippen LogP contribution in [0.15, 0.2) is 24.3 Å². The number of anilines is 2. The zero-order valence-electron chi connectivity index (χ0n) is 20.8. The number of halogens is 2. The Bertz CT molecular complexity index is 1080. The highest BCUT2D eigenvalue weighted by Crippen LogP contribution is 2.41. The van der Waals surface area contributed by atoms with E-state index in [1.54, 1.807) is 13.1 Å². The minimum absolute atomic E-state index is 0. The maximum absolute atomic E-state index is 14.9. The number of nitrogens with one attached hydrogen (secondary N) is 2. The van der Waals surface area contributed by atoms with E-state index in [0.717, 1.165) is 63.4 Å². The standard InChI is InChI=1S/C26H35FN6O.ClH/c1-17(2)12-18(13-22(34)28-3)33-10-8-20-23(19-6-4-5-7-21(19)27)30-25(31-24(20)33)32-11-9-26(16-32)14-29-15-26;/h4-7,17-18,29H,8-16H2,1-3H3,(H,28,34);1H/t18-;/m0./s1. The lowest BCUT2D eigenvalue weighted by Crippen LogP contribution is -2.54. The van der Waals surface area contributed by atoms with Gasteiger partial charge in [0.05, 0.1) is 5.69 Å². The molecule has 5 rings (SSSR count). The molecule has 1 aromatic carbocycles. The van der Waals surface area contributed by atoms with Crippen LogP contribution >= 0.6 is 12.4 Å². The molecule has 1 amide bonds. The number of amides is 1. The number of carbonyl (C=O) groups is 1. The zero-order valence-corrected chi connectivity index (χ0v) is 21.6. The van der Waals surface area contributed by atoms with Gasteiger partial charge < -0.3 is 20.4 Å². The summed E-state index contributed by atoms with van der Waals surface area (Å²) in [7, 11) is 1.68. The van der Waals surface area contributed by atoms with Gasteiger partial charge in [0, 0.05) is 68.8 Å². The van der Waals surface area contributed by atoms with Gasteiger partial charge in [0.25, 0.3) is 0 Å². The lowest BCUT2D eigenvalue weighted by atomic mass is 9.81. The Hall–Kier alpha value is -2.45. The van der Waals surface area contributed by atoms with Gasteiger partial charge in [-0.2, -0.15) is 4.98 Å². The van der Waals surface area contributed by atoms with Gasteiger partial charge in [0.2, 0.25) is 11.9 Å². The van der Waals surface area contributed by atoms with Crippen molar-refractivity contribution in [1.29, 1.82) is 0 Å². The summed E-state index contributed by atoms with van der Waals surface area (Å²) in [5.74, 6) is 1.75. The molecule has 3 aliphatic rings. The summed E-state index contributed by atoms with van der Waals surface area (Å²) in [5.41, 5.74) is 2.50. The topological polar surface area (TPSA) is 73.4 Å². The lowest BCUT2D eigenvalue weighted by molar-refractivity contribution is -0.121. The average Bonchev–Trinajstić information content (AvgIpc) is 3.43. The molecule has 0 radical (unpaired) electrons. The number of hydrogen-bond donors (Lipinski definition) is 2. The van der Waals surface area contributed by atoms with Crippen LogP contribution in [0, 0.1) is 17.2 Å². The van der Waals surface area contributed by atoms with Crippen molar-refractivity contribution in [1.82, 2.24) is 20.6 Å². The number of fused-ring (bicyclic) bond motifs is 1. The summed E-state index contributed by atoms with van der Waals surface area (Å²) >= 11 is 0. The molecule has 2 fully saturated rings. The van der Waals surface area contributed by atoms with Crippen molar-refractivity contribution in [3.05, 3.63) is 35.6 Å². The summed E-state index contributed by atoms with van der Waals surface area (Å²) in [5, 5.41) is 6.18. The molecule has 190 valence electrons. The summed E-state index contributed by atoms with van der Waals surface area (Å²) in [6.07, 6.45) is 3.17. The molecule has 2 N–H and O–H groups in total. The molecule has 7 nitrogen and oxygen atoms in total. The van der Waals surface area contributed by atoms with Gasteiger partial charge in [0.1, 0.15) is 11.6 Å². The first kappa shape index (κ1) is 25.6. The second-order valence-corrected chi connectivity index (χ2v) is 10.5. The van der Waals surface area contributed by atoms with Crippen LogP contribution in [0.4, 0.5) is 16.2 Å². The summed E-state index contributed by atoms with van der Waals surface area (Å²) in [4.78, 5) is 26.9. The Kier molecular flexibility index (Phi) is 7.52. The third-order valence-corrected chi connectivity index (χ3v) is 7.58. The number of hydrogen-bond acceptors (Lipinski definition) is 6. The molecule has 3 aliphatic heterocycles. The molecule has 9 heteroatoms. The van der Waals surface area contributed by atoms with E-state index in [1.165, 1.54) is 6.07 Å². The minimum Gasteiger partial charge on any atom is -0.359 e. The largest absolute Gasteiger partial charge is 0.359 e. The lowest BCUT2D eigenvalue weighted by Gasteiger charge is -2.39. The average molecular weight is 503 g/mol. The van der Waals surface area contributed by atoms with Crippen LogP contribution in [0.3, 0.4) is 0 Å². The molecule has 1 spiro atoms. The molecule has 0 unspecified atom stereocenters. The number of nitrogens with zero attached hydrogens (tertiary/aromatic N) is 4. The third-order valence-electron chi connectivity index (χ3n) is 7.58. The van der Waals surface area contributed by atoms with Crippen molar-refractivity contribution < 1.29 is 9.18 Å². The highest BCUT2D eigenvalue weighted by atomic mass is 35.5. The van der Waals surface area contributed by atoms with E-state index >= 15 is 0 Å². The summed E-state index contributed by atoms with van der Waals surface area (Å²) in [6.45, 7) is 9.01. The highest BCUT2D eigenvalue weighted by Gasteiger charge is 2.44. The number of benzene rings is 1. The van der Waals surface area contributed by atoms with E-state index in [-0.39, 0.29) is 30.2 Å². The van der Waals surface area contributed by atoms with Crippen molar-refractivity contribution in [2.45, 2.75) is 45.6 Å². The van der Waals surface area contributed by atoms with E-state index in [0.29, 0.717) is 35.0 Å². The molecule has 4 heterocycles. The Balaban J connectivity index is 0.00000289. The normalized spacial score (nSPS) is 18.9. The van der Waals surface area contributed by atoms with Crippen LogP contribution in [-0.2, 0) is 11.2 Å². The van der Waals surface area contributed by atoms with Gasteiger partial charge in [-0.25, -0.2) is 9.37 Å². The smallest absolute Gasteiger partial charge is 0.227 e. The molecule has 2 saturated heterocycles. The van der Waals surface area contributed by atoms with Gasteiger partial charge in [0.15, 0.2) is 0 Å². The van der Waals surface area contributed by atoms with Gasteiger partial charge in [-0.1, -0.05) is 26.0 Å². The molecule has 35 heavy (non-hydrogen) atoms. The maximum atomic E-state index is 14.9. The van der Waals surface area contributed by atoms with E-state index in [2.05, 4.69) is 34.3 Å². The van der Waals surface area contributed by atoms with Gasteiger partial charge >= 0.3 is 0 Å². The highest BCUT2D eigenvalue weighted by molar-refractivity contribution is 5.85. The second-order valence-electron chi connectivity index (χ2n) is 10.5. The van der Waals surface area contributed by atoms with Gasteiger partial charge in [-0.15, -0.1) is 12.4 Å². The Morgan fingerprint density at radius 1 is 1.23 bits per heavy atom. The molecule has 0 bridgehead atoms. The van der Waals surface area contributed by atoms with E-state index in [4.69, 9.17) is 9.97 Å².